The zero-order valence-electron chi connectivity index (χ0n) is 12.8. The Balaban J connectivity index is 2.27. The highest BCUT2D eigenvalue weighted by Crippen LogP contribution is 2.39. The third-order valence-corrected chi connectivity index (χ3v) is 4.24. The predicted octanol–water partition coefficient (Wildman–Crippen LogP) is 5.55. The third-order valence-electron chi connectivity index (χ3n) is 3.93. The summed E-state index contributed by atoms with van der Waals surface area (Å²) in [5.74, 6) is 0.951. The van der Waals surface area contributed by atoms with Gasteiger partial charge in [-0.1, -0.05) is 56.6 Å². The average Bonchev–Trinajstić information content (AvgIpc) is 2.81. The molecule has 0 saturated heterocycles. The molecule has 3 rings (SSSR count). The Labute approximate surface area is 130 Å². The molecule has 0 radical (unpaired) electrons. The van der Waals surface area contributed by atoms with E-state index in [2.05, 4.69) is 38.2 Å². The molecule has 3 heteroatoms. The van der Waals surface area contributed by atoms with E-state index in [1.165, 1.54) is 0 Å². The quantitative estimate of drug-likeness (QED) is 0.671. The summed E-state index contributed by atoms with van der Waals surface area (Å²) in [6, 6.07) is 12.3. The number of hydrogen-bond donors (Lipinski definition) is 1. The van der Waals surface area contributed by atoms with Crippen LogP contribution >= 0.6 is 11.6 Å². The molecular formula is C18H20ClNO. The Morgan fingerprint density at radius 3 is 2.38 bits per heavy atom. The molecule has 0 aliphatic rings. The number of fused-ring (bicyclic) bond motifs is 3. The lowest BCUT2D eigenvalue weighted by Gasteiger charge is -2.28. The predicted molar refractivity (Wildman–Crippen MR) is 90.0 cm³/mol. The van der Waals surface area contributed by atoms with E-state index in [1.807, 2.05) is 31.3 Å². The highest BCUT2D eigenvalue weighted by atomic mass is 35.5. The molecule has 110 valence electrons. The lowest BCUT2D eigenvalue weighted by atomic mass is 9.85. The van der Waals surface area contributed by atoms with Gasteiger partial charge in [0.15, 0.2) is 0 Å². The van der Waals surface area contributed by atoms with Gasteiger partial charge in [-0.2, -0.15) is 0 Å². The Bertz CT molecular complexity index is 798. The fourth-order valence-corrected chi connectivity index (χ4v) is 3.27. The van der Waals surface area contributed by atoms with Gasteiger partial charge in [0.1, 0.15) is 11.3 Å². The number of furan rings is 1. The standard InChI is InChI=1S/C18H20ClNO/c1-18(2,3)17(20-4)15-10-11-9-14(19)12-7-5-6-8-13(12)16(11)21-15/h5-10,17,20H,1-4H3. The molecule has 0 amide bonds. The van der Waals surface area contributed by atoms with Gasteiger partial charge in [0.05, 0.1) is 6.04 Å². The fourth-order valence-electron chi connectivity index (χ4n) is 2.99. The molecule has 1 heterocycles. The Morgan fingerprint density at radius 2 is 1.76 bits per heavy atom. The van der Waals surface area contributed by atoms with E-state index in [0.29, 0.717) is 0 Å². The van der Waals surface area contributed by atoms with Gasteiger partial charge in [-0.25, -0.2) is 0 Å². The highest BCUT2D eigenvalue weighted by molar-refractivity contribution is 6.37. The van der Waals surface area contributed by atoms with Crippen molar-refractivity contribution in [3.05, 3.63) is 47.2 Å². The summed E-state index contributed by atoms with van der Waals surface area (Å²) in [6.45, 7) is 6.60. The zero-order valence-corrected chi connectivity index (χ0v) is 13.6. The maximum atomic E-state index is 6.39. The topological polar surface area (TPSA) is 25.2 Å². The molecule has 3 aromatic rings. The van der Waals surface area contributed by atoms with Crippen molar-refractivity contribution in [3.63, 3.8) is 0 Å². The fraction of sp³-hybridized carbons (Fsp3) is 0.333. The first-order chi connectivity index (χ1) is 9.91. The second-order valence-corrected chi connectivity index (χ2v) is 6.97. The molecule has 0 aliphatic heterocycles. The van der Waals surface area contributed by atoms with E-state index in [1.54, 1.807) is 0 Å². The molecule has 0 fully saturated rings. The van der Waals surface area contributed by atoms with Crippen molar-refractivity contribution in [3.8, 4) is 0 Å². The van der Waals surface area contributed by atoms with Gasteiger partial charge >= 0.3 is 0 Å². The molecule has 0 bridgehead atoms. The lowest BCUT2D eigenvalue weighted by Crippen LogP contribution is -2.29. The Hall–Kier alpha value is -1.51. The van der Waals surface area contributed by atoms with Crippen LogP contribution in [0.25, 0.3) is 21.7 Å². The smallest absolute Gasteiger partial charge is 0.142 e. The first kappa shape index (κ1) is 14.4. The van der Waals surface area contributed by atoms with Crippen molar-refractivity contribution in [2.24, 2.45) is 5.41 Å². The summed E-state index contributed by atoms with van der Waals surface area (Å²) in [4.78, 5) is 0. The third kappa shape index (κ3) is 2.43. The summed E-state index contributed by atoms with van der Waals surface area (Å²) >= 11 is 6.39. The van der Waals surface area contributed by atoms with Gasteiger partial charge in [-0.05, 0) is 24.6 Å². The molecule has 21 heavy (non-hydrogen) atoms. The average molecular weight is 302 g/mol. The number of hydrogen-bond acceptors (Lipinski definition) is 2. The monoisotopic (exact) mass is 301 g/mol. The minimum Gasteiger partial charge on any atom is -0.459 e. The lowest BCUT2D eigenvalue weighted by molar-refractivity contribution is 0.254. The summed E-state index contributed by atoms with van der Waals surface area (Å²) in [5.41, 5.74) is 0.983. The summed E-state index contributed by atoms with van der Waals surface area (Å²) < 4.78 is 6.19. The molecule has 2 nitrogen and oxygen atoms in total. The largest absolute Gasteiger partial charge is 0.459 e. The van der Waals surface area contributed by atoms with Crippen molar-refractivity contribution in [1.29, 1.82) is 0 Å². The molecule has 0 spiro atoms. The molecule has 1 unspecified atom stereocenters. The van der Waals surface area contributed by atoms with Crippen LogP contribution in [0.4, 0.5) is 0 Å². The number of rotatable bonds is 2. The van der Waals surface area contributed by atoms with Gasteiger partial charge in [0.2, 0.25) is 0 Å². The Kier molecular flexibility index (Phi) is 3.46. The second kappa shape index (κ2) is 5.04. The van der Waals surface area contributed by atoms with Crippen LogP contribution in [0.2, 0.25) is 5.02 Å². The summed E-state index contributed by atoms with van der Waals surface area (Å²) in [6.07, 6.45) is 0. The van der Waals surface area contributed by atoms with Crippen LogP contribution in [-0.2, 0) is 0 Å². The van der Waals surface area contributed by atoms with E-state index in [-0.39, 0.29) is 11.5 Å². The normalized spacial score (nSPS) is 14.0. The van der Waals surface area contributed by atoms with E-state index in [0.717, 1.165) is 32.5 Å². The van der Waals surface area contributed by atoms with Crippen LogP contribution in [0.1, 0.15) is 32.6 Å². The van der Waals surface area contributed by atoms with Crippen molar-refractivity contribution < 1.29 is 4.42 Å². The summed E-state index contributed by atoms with van der Waals surface area (Å²) in [5, 5.41) is 7.27. The maximum Gasteiger partial charge on any atom is 0.142 e. The van der Waals surface area contributed by atoms with E-state index >= 15 is 0 Å². The molecule has 1 atom stereocenters. The molecule has 1 aromatic heterocycles. The van der Waals surface area contributed by atoms with Gasteiger partial charge in [-0.3, -0.25) is 0 Å². The van der Waals surface area contributed by atoms with E-state index < -0.39 is 0 Å². The number of nitrogens with one attached hydrogen (secondary N) is 1. The SMILES string of the molecule is CNC(c1cc2cc(Cl)c3ccccc3c2o1)C(C)(C)C. The Morgan fingerprint density at radius 1 is 1.10 bits per heavy atom. The molecule has 0 saturated carbocycles. The number of halogens is 1. The first-order valence-corrected chi connectivity index (χ1v) is 7.57. The molecule has 1 N–H and O–H groups in total. The van der Waals surface area contributed by atoms with Gasteiger partial charge in [-0.15, -0.1) is 0 Å². The van der Waals surface area contributed by atoms with Gasteiger partial charge in [0.25, 0.3) is 0 Å². The van der Waals surface area contributed by atoms with Gasteiger partial charge in [0, 0.05) is 21.2 Å². The van der Waals surface area contributed by atoms with Crippen molar-refractivity contribution in [2.45, 2.75) is 26.8 Å². The number of benzene rings is 2. The van der Waals surface area contributed by atoms with E-state index in [4.69, 9.17) is 16.0 Å². The molecular weight excluding hydrogens is 282 g/mol. The van der Waals surface area contributed by atoms with Crippen LogP contribution in [-0.4, -0.2) is 7.05 Å². The molecule has 0 aliphatic carbocycles. The van der Waals surface area contributed by atoms with Crippen LogP contribution in [0.15, 0.2) is 40.8 Å². The van der Waals surface area contributed by atoms with Crippen molar-refractivity contribution in [2.75, 3.05) is 7.05 Å². The second-order valence-electron chi connectivity index (χ2n) is 6.56. The minimum atomic E-state index is 0.0717. The van der Waals surface area contributed by atoms with Crippen molar-refractivity contribution >= 4 is 33.3 Å². The van der Waals surface area contributed by atoms with Gasteiger partial charge < -0.3 is 9.73 Å². The van der Waals surface area contributed by atoms with Crippen LogP contribution in [0.3, 0.4) is 0 Å². The zero-order chi connectivity index (χ0) is 15.2. The summed E-state index contributed by atoms with van der Waals surface area (Å²) in [7, 11) is 1.97. The highest BCUT2D eigenvalue weighted by Gasteiger charge is 2.28. The van der Waals surface area contributed by atoms with E-state index in [9.17, 15) is 0 Å². The van der Waals surface area contributed by atoms with Crippen LogP contribution < -0.4 is 5.32 Å². The van der Waals surface area contributed by atoms with Crippen LogP contribution in [0.5, 0.6) is 0 Å². The minimum absolute atomic E-state index is 0.0717. The van der Waals surface area contributed by atoms with Crippen molar-refractivity contribution in [1.82, 2.24) is 5.32 Å². The van der Waals surface area contributed by atoms with Crippen LogP contribution in [0, 0.1) is 5.41 Å². The first-order valence-electron chi connectivity index (χ1n) is 7.20. The maximum absolute atomic E-state index is 6.39. The molecule has 2 aromatic carbocycles.